The number of aromatic nitrogens is 2. The Balaban J connectivity index is 2.97. The van der Waals surface area contributed by atoms with Crippen LogP contribution in [0.5, 0.6) is 0 Å². The molecule has 0 aromatic carbocycles. The van der Waals surface area contributed by atoms with Gasteiger partial charge in [0.05, 0.1) is 11.2 Å². The Morgan fingerprint density at radius 1 is 1.46 bits per heavy atom. The molecule has 5 heteroatoms. The second-order valence-corrected chi connectivity index (χ2v) is 3.03. The Morgan fingerprint density at radius 2 is 2.23 bits per heavy atom. The molecule has 0 fully saturated rings. The molecule has 0 amide bonds. The first kappa shape index (κ1) is 8.07. The fourth-order valence-corrected chi connectivity index (χ4v) is 1.23. The van der Waals surface area contributed by atoms with Crippen LogP contribution < -0.4 is 11.3 Å². The Kier molecular flexibility index (Phi) is 1.70. The van der Waals surface area contributed by atoms with E-state index in [1.807, 2.05) is 0 Å². The number of hydrogen-bond acceptors (Lipinski definition) is 3. The molecule has 2 N–H and O–H groups in total. The molecule has 66 valence electrons. The van der Waals surface area contributed by atoms with Gasteiger partial charge in [-0.15, -0.1) is 0 Å². The van der Waals surface area contributed by atoms with Crippen LogP contribution in [0.2, 0.25) is 5.02 Å². The quantitative estimate of drug-likeness (QED) is 0.680. The first-order valence-corrected chi connectivity index (χ1v) is 3.98. The van der Waals surface area contributed by atoms with Crippen molar-refractivity contribution in [2.24, 2.45) is 0 Å². The molecule has 0 atom stereocenters. The fourth-order valence-electron chi connectivity index (χ4n) is 1.06. The van der Waals surface area contributed by atoms with E-state index in [2.05, 4.69) is 4.98 Å². The van der Waals surface area contributed by atoms with E-state index >= 15 is 0 Å². The van der Waals surface area contributed by atoms with Crippen LogP contribution in [-0.4, -0.2) is 9.38 Å². The highest BCUT2D eigenvalue weighted by Gasteiger charge is 2.00. The van der Waals surface area contributed by atoms with Gasteiger partial charge in [0, 0.05) is 6.20 Å². The second-order valence-electron chi connectivity index (χ2n) is 2.59. The molecule has 0 saturated heterocycles. The van der Waals surface area contributed by atoms with Gasteiger partial charge < -0.3 is 5.73 Å². The number of halogens is 1. The van der Waals surface area contributed by atoms with E-state index in [9.17, 15) is 4.79 Å². The van der Waals surface area contributed by atoms with Crippen molar-refractivity contribution in [3.05, 3.63) is 39.9 Å². The summed E-state index contributed by atoms with van der Waals surface area (Å²) >= 11 is 5.71. The van der Waals surface area contributed by atoms with E-state index < -0.39 is 0 Å². The highest BCUT2D eigenvalue weighted by atomic mass is 35.5. The minimum Gasteiger partial charge on any atom is -0.393 e. The molecule has 0 saturated carbocycles. The molecule has 0 spiro atoms. The van der Waals surface area contributed by atoms with Crippen molar-refractivity contribution in [2.75, 3.05) is 5.73 Å². The zero-order valence-corrected chi connectivity index (χ0v) is 7.32. The van der Waals surface area contributed by atoms with Gasteiger partial charge >= 0.3 is 0 Å². The van der Waals surface area contributed by atoms with Crippen molar-refractivity contribution in [2.45, 2.75) is 0 Å². The van der Waals surface area contributed by atoms with E-state index in [0.717, 1.165) is 0 Å². The van der Waals surface area contributed by atoms with Crippen LogP contribution in [0.1, 0.15) is 0 Å². The summed E-state index contributed by atoms with van der Waals surface area (Å²) in [6.07, 6.45) is 2.83. The monoisotopic (exact) mass is 195 g/mol. The molecule has 13 heavy (non-hydrogen) atoms. The van der Waals surface area contributed by atoms with Crippen molar-refractivity contribution in [3.8, 4) is 0 Å². The summed E-state index contributed by atoms with van der Waals surface area (Å²) in [5.41, 5.74) is 5.74. The molecular formula is C8H6ClN3O. The highest BCUT2D eigenvalue weighted by Crippen LogP contribution is 2.07. The van der Waals surface area contributed by atoms with Gasteiger partial charge in [0.1, 0.15) is 11.3 Å². The van der Waals surface area contributed by atoms with Gasteiger partial charge in [-0.25, -0.2) is 4.98 Å². The number of rotatable bonds is 0. The zero-order valence-electron chi connectivity index (χ0n) is 6.57. The van der Waals surface area contributed by atoms with E-state index in [1.54, 1.807) is 12.1 Å². The molecule has 0 aliphatic rings. The number of pyridine rings is 1. The van der Waals surface area contributed by atoms with Gasteiger partial charge in [-0.2, -0.15) is 0 Å². The number of anilines is 1. The summed E-state index contributed by atoms with van der Waals surface area (Å²) < 4.78 is 1.32. The molecule has 0 aliphatic carbocycles. The van der Waals surface area contributed by atoms with Gasteiger partial charge in [-0.1, -0.05) is 11.6 Å². The topological polar surface area (TPSA) is 60.4 Å². The number of nitrogens with two attached hydrogens (primary N) is 1. The molecule has 2 aromatic heterocycles. The molecular weight excluding hydrogens is 190 g/mol. The molecule has 2 rings (SSSR count). The van der Waals surface area contributed by atoms with Crippen molar-refractivity contribution in [1.29, 1.82) is 0 Å². The Labute approximate surface area is 78.6 Å². The van der Waals surface area contributed by atoms with E-state index in [-0.39, 0.29) is 11.2 Å². The minimum absolute atomic E-state index is 0.111. The maximum Gasteiger partial charge on any atom is 0.281 e. The maximum atomic E-state index is 11.4. The predicted octanol–water partition coefficient (Wildman–Crippen LogP) is 0.930. The molecule has 0 radical (unpaired) electrons. The van der Waals surface area contributed by atoms with Gasteiger partial charge in [-0.3, -0.25) is 9.20 Å². The summed E-state index contributed by atoms with van der Waals surface area (Å²) in [6.45, 7) is 0. The fraction of sp³-hybridized carbons (Fsp3) is 0. The smallest absolute Gasteiger partial charge is 0.281 e. The van der Waals surface area contributed by atoms with Crippen molar-refractivity contribution in [3.63, 3.8) is 0 Å². The van der Waals surface area contributed by atoms with E-state index in [0.29, 0.717) is 10.7 Å². The average Bonchev–Trinajstić information content (AvgIpc) is 2.12. The van der Waals surface area contributed by atoms with Crippen LogP contribution in [0.3, 0.4) is 0 Å². The summed E-state index contributed by atoms with van der Waals surface area (Å²) in [5, 5.41) is 0.474. The van der Waals surface area contributed by atoms with Crippen LogP contribution in [-0.2, 0) is 0 Å². The molecule has 2 heterocycles. The summed E-state index contributed by atoms with van der Waals surface area (Å²) in [5.74, 6) is 0. The Morgan fingerprint density at radius 3 is 3.00 bits per heavy atom. The number of nitrogen functional groups attached to an aromatic ring is 1. The lowest BCUT2D eigenvalue weighted by atomic mass is 10.4. The van der Waals surface area contributed by atoms with Gasteiger partial charge in [-0.05, 0) is 12.1 Å². The highest BCUT2D eigenvalue weighted by molar-refractivity contribution is 6.30. The number of hydrogen-bond donors (Lipinski definition) is 1. The van der Waals surface area contributed by atoms with Crippen LogP contribution in [0, 0.1) is 0 Å². The molecule has 0 aliphatic heterocycles. The lowest BCUT2D eigenvalue weighted by Crippen LogP contribution is -2.17. The number of fused-ring (bicyclic) bond motifs is 1. The Hall–Kier alpha value is -1.55. The van der Waals surface area contributed by atoms with Crippen LogP contribution in [0.4, 0.5) is 5.69 Å². The third-order valence-electron chi connectivity index (χ3n) is 1.69. The summed E-state index contributed by atoms with van der Waals surface area (Å²) in [6, 6.07) is 3.32. The normalized spacial score (nSPS) is 10.5. The van der Waals surface area contributed by atoms with Crippen LogP contribution >= 0.6 is 11.6 Å². The lowest BCUT2D eigenvalue weighted by molar-refractivity contribution is 1.05. The largest absolute Gasteiger partial charge is 0.393 e. The SMILES string of the molecule is Nc1cnc2ccc(Cl)cn2c1=O. The van der Waals surface area contributed by atoms with Gasteiger partial charge in [0.15, 0.2) is 0 Å². The summed E-state index contributed by atoms with van der Waals surface area (Å²) in [7, 11) is 0. The van der Waals surface area contributed by atoms with Crippen LogP contribution in [0.15, 0.2) is 29.3 Å². The van der Waals surface area contributed by atoms with Gasteiger partial charge in [0.25, 0.3) is 5.56 Å². The third kappa shape index (κ3) is 1.25. The molecule has 0 bridgehead atoms. The van der Waals surface area contributed by atoms with E-state index in [1.165, 1.54) is 16.8 Å². The van der Waals surface area contributed by atoms with Crippen LogP contribution in [0.25, 0.3) is 5.65 Å². The van der Waals surface area contributed by atoms with E-state index in [4.69, 9.17) is 17.3 Å². The molecule has 4 nitrogen and oxygen atoms in total. The molecule has 0 unspecified atom stereocenters. The Bertz CT molecular complexity index is 515. The zero-order chi connectivity index (χ0) is 9.42. The third-order valence-corrected chi connectivity index (χ3v) is 1.92. The average molecular weight is 196 g/mol. The van der Waals surface area contributed by atoms with Gasteiger partial charge in [0.2, 0.25) is 0 Å². The molecule has 2 aromatic rings. The first-order chi connectivity index (χ1) is 6.18. The summed E-state index contributed by atoms with van der Waals surface area (Å²) in [4.78, 5) is 15.4. The minimum atomic E-state index is -0.299. The lowest BCUT2D eigenvalue weighted by Gasteiger charge is -2.00. The second kappa shape index (κ2) is 2.74. The predicted molar refractivity (Wildman–Crippen MR) is 50.9 cm³/mol. The standard InChI is InChI=1S/C8H6ClN3O/c9-5-1-2-7-11-3-6(10)8(13)12(7)4-5/h1-4H,10H2. The first-order valence-electron chi connectivity index (χ1n) is 3.61. The maximum absolute atomic E-state index is 11.4. The van der Waals surface area contributed by atoms with Crippen molar-refractivity contribution >= 4 is 22.9 Å². The number of nitrogens with zero attached hydrogens (tertiary/aromatic N) is 2. The van der Waals surface area contributed by atoms with Crippen molar-refractivity contribution < 1.29 is 0 Å². The van der Waals surface area contributed by atoms with Crippen molar-refractivity contribution in [1.82, 2.24) is 9.38 Å².